The van der Waals surface area contributed by atoms with Crippen LogP contribution in [0.25, 0.3) is 33.4 Å². The lowest BCUT2D eigenvalue weighted by atomic mass is 9.70. The summed E-state index contributed by atoms with van der Waals surface area (Å²) in [6.07, 6.45) is 6.47. The molecule has 5 rings (SSSR count). The first-order valence-electron chi connectivity index (χ1n) is 13.8. The van der Waals surface area contributed by atoms with E-state index >= 15 is 0 Å². The first kappa shape index (κ1) is 26.4. The molecule has 0 atom stereocenters. The lowest BCUT2D eigenvalue weighted by molar-refractivity contribution is 0.407. The van der Waals surface area contributed by atoms with Gasteiger partial charge in [0.25, 0.3) is 10.1 Å². The third-order valence-corrected chi connectivity index (χ3v) is 8.84. The Morgan fingerprint density at radius 2 is 1.08 bits per heavy atom. The summed E-state index contributed by atoms with van der Waals surface area (Å²) in [6.45, 7) is 2.23. The van der Waals surface area contributed by atoms with Crippen molar-refractivity contribution in [3.8, 4) is 33.4 Å². The first-order valence-corrected chi connectivity index (χ1v) is 15.4. The molecule has 4 aromatic rings. The van der Waals surface area contributed by atoms with E-state index in [1.165, 1.54) is 44.5 Å². The molecular weight excluding hydrogens is 488 g/mol. The van der Waals surface area contributed by atoms with Crippen molar-refractivity contribution in [1.82, 2.24) is 0 Å². The van der Waals surface area contributed by atoms with Crippen molar-refractivity contribution in [3.63, 3.8) is 0 Å². The van der Waals surface area contributed by atoms with E-state index < -0.39 is 10.1 Å². The monoisotopic (exact) mass is 524 g/mol. The highest BCUT2D eigenvalue weighted by molar-refractivity contribution is 7.85. The van der Waals surface area contributed by atoms with Crippen LogP contribution in [0.3, 0.4) is 0 Å². The van der Waals surface area contributed by atoms with E-state index in [4.69, 9.17) is 0 Å². The predicted octanol–water partition coefficient (Wildman–Crippen LogP) is 8.93. The topological polar surface area (TPSA) is 54.4 Å². The van der Waals surface area contributed by atoms with Crippen LogP contribution in [0.15, 0.2) is 97.1 Å². The van der Waals surface area contributed by atoms with Gasteiger partial charge in [-0.25, -0.2) is 0 Å². The second-order valence-electron chi connectivity index (χ2n) is 10.5. The Bertz CT molecular complexity index is 1400. The van der Waals surface area contributed by atoms with Crippen LogP contribution in [0.2, 0.25) is 0 Å². The van der Waals surface area contributed by atoms with Crippen molar-refractivity contribution in [2.45, 2.75) is 57.3 Å². The third kappa shape index (κ3) is 5.48. The zero-order valence-electron chi connectivity index (χ0n) is 22.1. The molecule has 0 saturated heterocycles. The molecule has 0 fully saturated rings. The minimum Gasteiger partial charge on any atom is -0.286 e. The molecule has 0 amide bonds. The van der Waals surface area contributed by atoms with E-state index in [0.717, 1.165) is 38.5 Å². The Hall–Kier alpha value is -3.21. The fourth-order valence-electron chi connectivity index (χ4n) is 6.17. The van der Waals surface area contributed by atoms with Crippen molar-refractivity contribution in [2.24, 2.45) is 0 Å². The van der Waals surface area contributed by atoms with Gasteiger partial charge in [-0.15, -0.1) is 0 Å². The minimum atomic E-state index is -3.97. The molecule has 0 radical (unpaired) electrons. The summed E-state index contributed by atoms with van der Waals surface area (Å²) in [5.41, 5.74) is 9.88. The number of fused-ring (bicyclic) bond motifs is 3. The van der Waals surface area contributed by atoms with E-state index in [1.807, 2.05) is 12.1 Å². The van der Waals surface area contributed by atoms with E-state index in [2.05, 4.69) is 91.9 Å². The molecule has 4 aromatic carbocycles. The molecule has 1 aliphatic rings. The van der Waals surface area contributed by atoms with Gasteiger partial charge in [0, 0.05) is 5.41 Å². The molecule has 4 heteroatoms. The zero-order chi connectivity index (χ0) is 26.6. The number of hydrogen-bond acceptors (Lipinski definition) is 2. The molecule has 1 aliphatic carbocycles. The van der Waals surface area contributed by atoms with E-state index in [0.29, 0.717) is 6.42 Å². The van der Waals surface area contributed by atoms with Gasteiger partial charge in [0.2, 0.25) is 0 Å². The summed E-state index contributed by atoms with van der Waals surface area (Å²) in [4.78, 5) is 0. The average Bonchev–Trinajstić information content (AvgIpc) is 3.20. The summed E-state index contributed by atoms with van der Waals surface area (Å²) in [5.74, 6) is -0.189. The normalized spacial score (nSPS) is 13.7. The van der Waals surface area contributed by atoms with Gasteiger partial charge in [-0.1, -0.05) is 118 Å². The molecule has 38 heavy (non-hydrogen) atoms. The molecule has 0 aromatic heterocycles. The Morgan fingerprint density at radius 3 is 1.53 bits per heavy atom. The van der Waals surface area contributed by atoms with Crippen molar-refractivity contribution in [3.05, 3.63) is 108 Å². The zero-order valence-corrected chi connectivity index (χ0v) is 22.9. The van der Waals surface area contributed by atoms with Crippen LogP contribution in [0, 0.1) is 0 Å². The van der Waals surface area contributed by atoms with Crippen molar-refractivity contribution >= 4 is 10.1 Å². The van der Waals surface area contributed by atoms with Crippen LogP contribution < -0.4 is 0 Å². The van der Waals surface area contributed by atoms with E-state index in [-0.39, 0.29) is 11.2 Å². The second-order valence-corrected chi connectivity index (χ2v) is 12.1. The van der Waals surface area contributed by atoms with Crippen LogP contribution in [0.4, 0.5) is 0 Å². The Balaban J connectivity index is 1.65. The minimum absolute atomic E-state index is 0.189. The van der Waals surface area contributed by atoms with Gasteiger partial charge in [0.15, 0.2) is 0 Å². The van der Waals surface area contributed by atoms with Crippen LogP contribution in [-0.4, -0.2) is 18.7 Å². The molecule has 0 saturated carbocycles. The average molecular weight is 525 g/mol. The molecule has 0 bridgehead atoms. The lowest BCUT2D eigenvalue weighted by Crippen LogP contribution is -2.26. The number of unbranched alkanes of at least 4 members (excludes halogenated alkanes) is 3. The smallest absolute Gasteiger partial charge is 0.264 e. The molecule has 0 aliphatic heterocycles. The quantitative estimate of drug-likeness (QED) is 0.157. The molecular formula is C34H36O3S. The maximum Gasteiger partial charge on any atom is 0.264 e. The maximum atomic E-state index is 11.5. The number of benzene rings is 4. The highest BCUT2D eigenvalue weighted by atomic mass is 32.2. The fraction of sp³-hybridized carbons (Fsp3) is 0.294. The van der Waals surface area contributed by atoms with Gasteiger partial charge < -0.3 is 0 Å². The Labute approximate surface area is 227 Å². The van der Waals surface area contributed by atoms with Gasteiger partial charge >= 0.3 is 0 Å². The molecule has 0 heterocycles. The molecule has 0 spiro atoms. The van der Waals surface area contributed by atoms with Crippen LogP contribution in [-0.2, 0) is 15.5 Å². The van der Waals surface area contributed by atoms with E-state index in [9.17, 15) is 13.0 Å². The number of rotatable bonds is 11. The lowest BCUT2D eigenvalue weighted by Gasteiger charge is -2.33. The largest absolute Gasteiger partial charge is 0.286 e. The molecule has 3 nitrogen and oxygen atoms in total. The van der Waals surface area contributed by atoms with Gasteiger partial charge in [-0.05, 0) is 75.9 Å². The Kier molecular flexibility index (Phi) is 7.83. The summed E-state index contributed by atoms with van der Waals surface area (Å²) >= 11 is 0. The second kappa shape index (κ2) is 11.3. The standard InChI is InChI=1S/C34H36O3S/c1-2-3-10-21-34(22-11-12-23-38(35,36)37)32-24-28(26-13-6-4-7-14-26)17-19-30(32)31-20-18-29(25-33(31)34)27-15-8-5-9-16-27/h4-9,13-20,24-25H,2-3,10-12,21-23H2,1H3,(H,35,36,37). The molecule has 196 valence electrons. The summed E-state index contributed by atoms with van der Waals surface area (Å²) in [6, 6.07) is 34.8. The highest BCUT2D eigenvalue weighted by Crippen LogP contribution is 2.55. The van der Waals surface area contributed by atoms with Crippen molar-refractivity contribution in [1.29, 1.82) is 0 Å². The summed E-state index contributed by atoms with van der Waals surface area (Å²) in [7, 11) is -3.97. The van der Waals surface area contributed by atoms with Crippen LogP contribution in [0.1, 0.15) is 63.0 Å². The first-order chi connectivity index (χ1) is 18.4. The summed E-state index contributed by atoms with van der Waals surface area (Å²) < 4.78 is 32.3. The predicted molar refractivity (Wildman–Crippen MR) is 158 cm³/mol. The molecule has 1 N–H and O–H groups in total. The van der Waals surface area contributed by atoms with Crippen molar-refractivity contribution < 1.29 is 13.0 Å². The van der Waals surface area contributed by atoms with Gasteiger partial charge in [0.1, 0.15) is 0 Å². The maximum absolute atomic E-state index is 11.5. The highest BCUT2D eigenvalue weighted by Gasteiger charge is 2.42. The number of hydrogen-bond donors (Lipinski definition) is 1. The van der Waals surface area contributed by atoms with Crippen molar-refractivity contribution in [2.75, 3.05) is 5.75 Å². The van der Waals surface area contributed by atoms with Gasteiger partial charge in [-0.2, -0.15) is 8.42 Å². The van der Waals surface area contributed by atoms with Crippen LogP contribution in [0.5, 0.6) is 0 Å². The summed E-state index contributed by atoms with van der Waals surface area (Å²) in [5, 5.41) is 0. The van der Waals surface area contributed by atoms with E-state index in [1.54, 1.807) is 0 Å². The Morgan fingerprint density at radius 1 is 0.605 bits per heavy atom. The fourth-order valence-corrected chi connectivity index (χ4v) is 6.74. The SMILES string of the molecule is CCCCCC1(CCCCS(=O)(=O)O)c2cc(-c3ccccc3)ccc2-c2ccc(-c3ccccc3)cc21. The van der Waals surface area contributed by atoms with Crippen LogP contribution >= 0.6 is 0 Å². The van der Waals surface area contributed by atoms with Gasteiger partial charge in [-0.3, -0.25) is 4.55 Å². The van der Waals surface area contributed by atoms with Gasteiger partial charge in [0.05, 0.1) is 5.75 Å². The third-order valence-electron chi connectivity index (χ3n) is 8.04. The molecule has 0 unspecified atom stereocenters.